The van der Waals surface area contributed by atoms with E-state index >= 15 is 0 Å². The summed E-state index contributed by atoms with van der Waals surface area (Å²) in [6, 6.07) is 6.68. The maximum atomic E-state index is 12.6. The van der Waals surface area contributed by atoms with Crippen molar-refractivity contribution < 1.29 is 18.7 Å². The Bertz CT molecular complexity index is 1230. The van der Waals surface area contributed by atoms with Crippen molar-refractivity contribution in [1.82, 2.24) is 24.9 Å². The molecule has 0 aliphatic heterocycles. The number of carbonyl (C=O) groups is 1. The third-order valence-electron chi connectivity index (χ3n) is 5.21. The van der Waals surface area contributed by atoms with Crippen molar-refractivity contribution in [2.24, 2.45) is 5.92 Å². The Kier molecular flexibility index (Phi) is 5.50. The van der Waals surface area contributed by atoms with E-state index in [0.717, 1.165) is 22.5 Å². The number of methoxy groups -OCH3 is 1. The Morgan fingerprint density at radius 3 is 2.58 bits per heavy atom. The van der Waals surface area contributed by atoms with Gasteiger partial charge in [0.15, 0.2) is 18.1 Å². The van der Waals surface area contributed by atoms with Crippen LogP contribution in [0.3, 0.4) is 0 Å². The molecule has 3 heterocycles. The maximum absolute atomic E-state index is 12.6. The van der Waals surface area contributed by atoms with Gasteiger partial charge in [-0.25, -0.2) is 14.5 Å². The summed E-state index contributed by atoms with van der Waals surface area (Å²) in [5, 5.41) is 8.37. The quantitative estimate of drug-likeness (QED) is 0.486. The average molecular weight is 423 g/mol. The predicted octanol–water partition coefficient (Wildman–Crippen LogP) is 3.39. The molecule has 1 atom stereocenters. The molecule has 31 heavy (non-hydrogen) atoms. The highest BCUT2D eigenvalue weighted by Gasteiger charge is 2.25. The van der Waals surface area contributed by atoms with E-state index in [-0.39, 0.29) is 24.5 Å². The minimum absolute atomic E-state index is 0.0676. The van der Waals surface area contributed by atoms with Gasteiger partial charge >= 0.3 is 0 Å². The van der Waals surface area contributed by atoms with E-state index in [4.69, 9.17) is 18.9 Å². The molecule has 4 rings (SSSR count). The summed E-state index contributed by atoms with van der Waals surface area (Å²) in [5.41, 5.74) is 2.16. The first-order valence-corrected chi connectivity index (χ1v) is 10.0. The van der Waals surface area contributed by atoms with Gasteiger partial charge in [0.2, 0.25) is 5.71 Å². The molecule has 0 spiro atoms. The van der Waals surface area contributed by atoms with Crippen LogP contribution < -0.4 is 14.8 Å². The molecule has 4 aromatic rings. The minimum Gasteiger partial charge on any atom is -0.497 e. The van der Waals surface area contributed by atoms with Crippen molar-refractivity contribution in [3.63, 3.8) is 0 Å². The fraction of sp³-hybridized carbons (Fsp3) is 0.364. The lowest BCUT2D eigenvalue weighted by Crippen LogP contribution is -2.35. The van der Waals surface area contributed by atoms with Crippen LogP contribution in [0.4, 0.5) is 0 Å². The number of rotatable bonds is 7. The highest BCUT2D eigenvalue weighted by atomic mass is 16.5. The molecule has 1 aromatic carbocycles. The maximum Gasteiger partial charge on any atom is 0.258 e. The smallest absolute Gasteiger partial charge is 0.258 e. The van der Waals surface area contributed by atoms with Gasteiger partial charge in [-0.1, -0.05) is 13.8 Å². The molecule has 9 nitrogen and oxygen atoms in total. The van der Waals surface area contributed by atoms with Gasteiger partial charge in [-0.3, -0.25) is 4.79 Å². The molecule has 1 N–H and O–H groups in total. The Morgan fingerprint density at radius 2 is 1.90 bits per heavy atom. The van der Waals surface area contributed by atoms with Crippen LogP contribution in [0.15, 0.2) is 35.0 Å². The van der Waals surface area contributed by atoms with Crippen LogP contribution in [0.25, 0.3) is 16.7 Å². The lowest BCUT2D eigenvalue weighted by Gasteiger charge is -2.19. The zero-order valence-corrected chi connectivity index (χ0v) is 18.2. The summed E-state index contributed by atoms with van der Waals surface area (Å²) >= 11 is 0. The second-order valence-electron chi connectivity index (χ2n) is 7.70. The molecular formula is C22H25N5O4. The normalized spacial score (nSPS) is 12.5. The molecule has 9 heteroatoms. The molecule has 0 bridgehead atoms. The third-order valence-corrected chi connectivity index (χ3v) is 5.21. The number of hydrogen-bond donors (Lipinski definition) is 1. The van der Waals surface area contributed by atoms with Crippen LogP contribution in [0.5, 0.6) is 11.5 Å². The van der Waals surface area contributed by atoms with E-state index in [2.05, 4.69) is 15.4 Å². The van der Waals surface area contributed by atoms with Crippen LogP contribution in [0.2, 0.25) is 0 Å². The summed E-state index contributed by atoms with van der Waals surface area (Å²) < 4.78 is 18.0. The molecule has 0 aliphatic rings. The number of nitrogens with zero attached hydrogens (tertiary/aromatic N) is 4. The standard InChI is InChI=1S/C22H25N5O4/c1-12(2)19(24-17(28)10-30-16-8-6-15(29-5)7-9-16)20-25-21-18-13(3)14(4)31-22(18)23-11-27(21)26-20/h6-9,11-12,19H,10H2,1-5H3,(H,24,28)/t19-/m1/s1. The Morgan fingerprint density at radius 1 is 1.19 bits per heavy atom. The molecule has 0 fully saturated rings. The molecule has 0 saturated carbocycles. The lowest BCUT2D eigenvalue weighted by atomic mass is 10.0. The third kappa shape index (κ3) is 4.03. The number of hydrogen-bond acceptors (Lipinski definition) is 7. The van der Waals surface area contributed by atoms with Crippen molar-refractivity contribution in [3.8, 4) is 11.5 Å². The number of aromatic nitrogens is 4. The van der Waals surface area contributed by atoms with Crippen molar-refractivity contribution in [2.75, 3.05) is 13.7 Å². The second kappa shape index (κ2) is 8.25. The van der Waals surface area contributed by atoms with Crippen LogP contribution in [0.1, 0.15) is 37.0 Å². The highest BCUT2D eigenvalue weighted by Crippen LogP contribution is 2.28. The fourth-order valence-corrected chi connectivity index (χ4v) is 3.36. The zero-order chi connectivity index (χ0) is 22.1. The number of carbonyl (C=O) groups excluding carboxylic acids is 1. The van der Waals surface area contributed by atoms with Crippen molar-refractivity contribution in [2.45, 2.75) is 33.7 Å². The minimum atomic E-state index is -0.379. The first-order valence-electron chi connectivity index (χ1n) is 10.0. The first-order chi connectivity index (χ1) is 14.9. The molecule has 0 radical (unpaired) electrons. The van der Waals surface area contributed by atoms with Gasteiger partial charge in [-0.15, -0.1) is 5.10 Å². The second-order valence-corrected chi connectivity index (χ2v) is 7.70. The van der Waals surface area contributed by atoms with E-state index in [0.29, 0.717) is 22.9 Å². The molecular weight excluding hydrogens is 398 g/mol. The summed E-state index contributed by atoms with van der Waals surface area (Å²) in [7, 11) is 1.60. The highest BCUT2D eigenvalue weighted by molar-refractivity contribution is 5.91. The number of amides is 1. The van der Waals surface area contributed by atoms with Gasteiger partial charge in [-0.2, -0.15) is 0 Å². The molecule has 0 unspecified atom stereocenters. The first kappa shape index (κ1) is 20.6. The van der Waals surface area contributed by atoms with Gasteiger partial charge in [-0.05, 0) is 44.0 Å². The topological polar surface area (TPSA) is 104 Å². The number of ether oxygens (including phenoxy) is 2. The van der Waals surface area contributed by atoms with E-state index in [1.165, 1.54) is 0 Å². The van der Waals surface area contributed by atoms with Crippen LogP contribution in [-0.2, 0) is 4.79 Å². The van der Waals surface area contributed by atoms with Crippen molar-refractivity contribution in [1.29, 1.82) is 0 Å². The molecule has 162 valence electrons. The van der Waals surface area contributed by atoms with Gasteiger partial charge in [0.25, 0.3) is 5.91 Å². The Hall–Kier alpha value is -3.62. The van der Waals surface area contributed by atoms with Crippen LogP contribution in [-0.4, -0.2) is 39.2 Å². The lowest BCUT2D eigenvalue weighted by molar-refractivity contribution is -0.124. The zero-order valence-electron chi connectivity index (χ0n) is 18.2. The van der Waals surface area contributed by atoms with Gasteiger partial charge in [0.1, 0.15) is 23.6 Å². The number of aryl methyl sites for hydroxylation is 2. The SMILES string of the molecule is COc1ccc(OCC(=O)N[C@@H](c2nc3c4c(C)c(C)oc4ncn3n2)C(C)C)cc1. The van der Waals surface area contributed by atoms with Crippen LogP contribution >= 0.6 is 0 Å². The Balaban J connectivity index is 1.53. The largest absolute Gasteiger partial charge is 0.497 e. The van der Waals surface area contributed by atoms with E-state index in [1.54, 1.807) is 42.2 Å². The van der Waals surface area contributed by atoms with Crippen LogP contribution in [0, 0.1) is 19.8 Å². The molecule has 0 aliphatic carbocycles. The monoisotopic (exact) mass is 423 g/mol. The number of furan rings is 1. The summed E-state index contributed by atoms with van der Waals surface area (Å²) in [6.07, 6.45) is 1.57. The van der Waals surface area contributed by atoms with Gasteiger partial charge in [0.05, 0.1) is 18.5 Å². The number of nitrogens with one attached hydrogen (secondary N) is 1. The van der Waals surface area contributed by atoms with Crippen molar-refractivity contribution >= 4 is 22.7 Å². The average Bonchev–Trinajstić information content (AvgIpc) is 3.31. The summed E-state index contributed by atoms with van der Waals surface area (Å²) in [5.74, 6) is 2.43. The fourth-order valence-electron chi connectivity index (χ4n) is 3.36. The van der Waals surface area contributed by atoms with E-state index in [9.17, 15) is 4.79 Å². The van der Waals surface area contributed by atoms with Crippen molar-refractivity contribution in [3.05, 3.63) is 47.7 Å². The summed E-state index contributed by atoms with van der Waals surface area (Å²) in [6.45, 7) is 7.75. The van der Waals surface area contributed by atoms with E-state index < -0.39 is 0 Å². The Labute approximate surface area is 179 Å². The van der Waals surface area contributed by atoms with Gasteiger partial charge < -0.3 is 19.2 Å². The summed E-state index contributed by atoms with van der Waals surface area (Å²) in [4.78, 5) is 21.6. The van der Waals surface area contributed by atoms with E-state index in [1.807, 2.05) is 27.7 Å². The molecule has 0 saturated heterocycles. The molecule has 3 aromatic heterocycles. The number of benzene rings is 1. The predicted molar refractivity (Wildman–Crippen MR) is 114 cm³/mol. The molecule has 1 amide bonds. The number of fused-ring (bicyclic) bond motifs is 3. The van der Waals surface area contributed by atoms with Gasteiger partial charge in [0, 0.05) is 5.56 Å².